The molecular weight excluding hydrogens is 344 g/mol. The van der Waals surface area contributed by atoms with E-state index in [-0.39, 0.29) is 12.5 Å². The molecule has 1 aromatic carbocycles. The molecule has 2 aromatic rings. The Labute approximate surface area is 159 Å². The van der Waals surface area contributed by atoms with Gasteiger partial charge in [-0.15, -0.1) is 0 Å². The van der Waals surface area contributed by atoms with E-state index in [1.54, 1.807) is 19.4 Å². The minimum Gasteiger partial charge on any atom is -0.495 e. The van der Waals surface area contributed by atoms with Crippen LogP contribution in [0.15, 0.2) is 36.5 Å². The van der Waals surface area contributed by atoms with Gasteiger partial charge < -0.3 is 24.9 Å². The van der Waals surface area contributed by atoms with Gasteiger partial charge in [0.1, 0.15) is 5.75 Å². The molecule has 0 aliphatic carbocycles. The average molecular weight is 370 g/mol. The lowest BCUT2D eigenvalue weighted by atomic mass is 9.99. The predicted molar refractivity (Wildman–Crippen MR) is 109 cm³/mol. The molecule has 1 aliphatic heterocycles. The number of aromatic amines is 1. The second-order valence-corrected chi connectivity index (χ2v) is 5.44. The summed E-state index contributed by atoms with van der Waals surface area (Å²) in [6, 6.07) is 7.52. The van der Waals surface area contributed by atoms with E-state index in [0.29, 0.717) is 24.5 Å². The molecule has 0 saturated heterocycles. The van der Waals surface area contributed by atoms with Crippen LogP contribution in [0.2, 0.25) is 0 Å². The first-order valence-corrected chi connectivity index (χ1v) is 8.97. The summed E-state index contributed by atoms with van der Waals surface area (Å²) in [5.41, 5.74) is 3.86. The predicted octanol–water partition coefficient (Wildman–Crippen LogP) is 3.56. The zero-order valence-electron chi connectivity index (χ0n) is 15.9. The number of H-pyrrole nitrogens is 1. The molecule has 3 N–H and O–H groups in total. The number of hydrogen-bond acceptors (Lipinski definition) is 4. The van der Waals surface area contributed by atoms with E-state index < -0.39 is 0 Å². The normalized spacial score (nSPS) is 14.1. The van der Waals surface area contributed by atoms with Crippen LogP contribution < -0.4 is 10.1 Å². The number of amides is 1. The third-order valence-electron chi connectivity index (χ3n) is 3.85. The molecule has 0 bridgehead atoms. The largest absolute Gasteiger partial charge is 0.495 e. The maximum atomic E-state index is 12.4. The SMILES string of the molecule is CC.COc1cc[nH]c1/C=C1\C(=O)Nc2cccc(C=CCOCCO)c21. The van der Waals surface area contributed by atoms with Crippen molar-refractivity contribution in [1.82, 2.24) is 4.98 Å². The van der Waals surface area contributed by atoms with Gasteiger partial charge in [0.25, 0.3) is 5.91 Å². The minimum absolute atomic E-state index is 0.00212. The zero-order valence-corrected chi connectivity index (χ0v) is 15.9. The number of benzene rings is 1. The highest BCUT2D eigenvalue weighted by molar-refractivity contribution is 6.35. The van der Waals surface area contributed by atoms with Crippen molar-refractivity contribution in [1.29, 1.82) is 0 Å². The molecule has 27 heavy (non-hydrogen) atoms. The molecule has 0 atom stereocenters. The molecule has 144 valence electrons. The number of fused-ring (bicyclic) bond motifs is 1. The quantitative estimate of drug-likeness (QED) is 0.514. The monoisotopic (exact) mass is 370 g/mol. The molecule has 1 amide bonds. The Balaban J connectivity index is 0.00000126. The Kier molecular flexibility index (Phi) is 7.85. The Morgan fingerprint density at radius 2 is 2.04 bits per heavy atom. The maximum Gasteiger partial charge on any atom is 0.256 e. The number of carbonyl (C=O) groups excluding carboxylic acids is 1. The van der Waals surface area contributed by atoms with E-state index in [4.69, 9.17) is 14.6 Å². The van der Waals surface area contributed by atoms with Crippen molar-refractivity contribution in [2.75, 3.05) is 32.2 Å². The van der Waals surface area contributed by atoms with E-state index in [9.17, 15) is 4.79 Å². The van der Waals surface area contributed by atoms with E-state index in [1.807, 2.05) is 50.3 Å². The fourth-order valence-corrected chi connectivity index (χ4v) is 2.75. The third-order valence-corrected chi connectivity index (χ3v) is 3.85. The van der Waals surface area contributed by atoms with E-state index >= 15 is 0 Å². The minimum atomic E-state index is -0.149. The Hall–Kier alpha value is -2.83. The summed E-state index contributed by atoms with van der Waals surface area (Å²) in [6.07, 6.45) is 7.33. The van der Waals surface area contributed by atoms with Crippen molar-refractivity contribution >= 4 is 29.3 Å². The smallest absolute Gasteiger partial charge is 0.256 e. The number of aliphatic hydroxyl groups is 1. The van der Waals surface area contributed by atoms with Gasteiger partial charge in [-0.1, -0.05) is 38.1 Å². The Morgan fingerprint density at radius 3 is 2.78 bits per heavy atom. The van der Waals surface area contributed by atoms with Gasteiger partial charge in [-0.3, -0.25) is 4.79 Å². The molecule has 0 unspecified atom stereocenters. The first-order valence-electron chi connectivity index (χ1n) is 8.97. The lowest BCUT2D eigenvalue weighted by molar-refractivity contribution is -0.110. The molecule has 0 fully saturated rings. The zero-order chi connectivity index (χ0) is 19.6. The van der Waals surface area contributed by atoms with Crippen molar-refractivity contribution < 1.29 is 19.4 Å². The van der Waals surface area contributed by atoms with E-state index in [1.165, 1.54) is 0 Å². The number of nitrogens with one attached hydrogen (secondary N) is 2. The number of hydrogen-bond donors (Lipinski definition) is 3. The highest BCUT2D eigenvalue weighted by Gasteiger charge is 2.26. The number of carbonyl (C=O) groups is 1. The van der Waals surface area contributed by atoms with Gasteiger partial charge in [0.15, 0.2) is 0 Å². The second-order valence-electron chi connectivity index (χ2n) is 5.44. The van der Waals surface area contributed by atoms with Crippen LogP contribution >= 0.6 is 0 Å². The number of methoxy groups -OCH3 is 1. The molecule has 0 radical (unpaired) electrons. The standard InChI is InChI=1S/C19H20N2O4.C2H6/c1-24-17-7-8-20-16(17)12-14-18-13(5-3-10-25-11-9-22)4-2-6-15(18)21-19(14)23;1-2/h2-8,12,20,22H,9-11H2,1H3,(H,21,23);1-2H3/b5-3?,14-12-;. The Morgan fingerprint density at radius 1 is 1.22 bits per heavy atom. The van der Waals surface area contributed by atoms with Crippen LogP contribution in [0.5, 0.6) is 5.75 Å². The lowest BCUT2D eigenvalue weighted by Gasteiger charge is -2.05. The summed E-state index contributed by atoms with van der Waals surface area (Å²) >= 11 is 0. The molecule has 0 saturated carbocycles. The van der Waals surface area contributed by atoms with Crippen LogP contribution in [0.4, 0.5) is 5.69 Å². The van der Waals surface area contributed by atoms with Gasteiger partial charge in [0, 0.05) is 17.4 Å². The van der Waals surface area contributed by atoms with Gasteiger partial charge >= 0.3 is 0 Å². The highest BCUT2D eigenvalue weighted by Crippen LogP contribution is 2.37. The number of aliphatic hydroxyl groups excluding tert-OH is 1. The lowest BCUT2D eigenvalue weighted by Crippen LogP contribution is -2.03. The van der Waals surface area contributed by atoms with Crippen molar-refractivity contribution in [3.63, 3.8) is 0 Å². The van der Waals surface area contributed by atoms with Crippen LogP contribution in [0.1, 0.15) is 30.7 Å². The molecule has 6 nitrogen and oxygen atoms in total. The first kappa shape index (κ1) is 20.5. The van der Waals surface area contributed by atoms with Crippen molar-refractivity contribution in [3.8, 4) is 5.75 Å². The van der Waals surface area contributed by atoms with E-state index in [2.05, 4.69) is 10.3 Å². The number of ether oxygens (including phenoxy) is 2. The summed E-state index contributed by atoms with van der Waals surface area (Å²) in [6.45, 7) is 4.70. The topological polar surface area (TPSA) is 83.6 Å². The molecule has 3 rings (SSSR count). The molecule has 0 spiro atoms. The number of rotatable bonds is 7. The van der Waals surface area contributed by atoms with Crippen LogP contribution in [0, 0.1) is 0 Å². The summed E-state index contributed by atoms with van der Waals surface area (Å²) in [5.74, 6) is 0.531. The molecule has 2 heterocycles. The van der Waals surface area contributed by atoms with Crippen LogP contribution in [0.3, 0.4) is 0 Å². The average Bonchev–Trinajstić information content (AvgIpc) is 3.28. The summed E-state index contributed by atoms with van der Waals surface area (Å²) in [5, 5.41) is 11.6. The van der Waals surface area contributed by atoms with Gasteiger partial charge in [0.05, 0.1) is 38.2 Å². The summed E-state index contributed by atoms with van der Waals surface area (Å²) < 4.78 is 10.5. The molecule has 1 aliphatic rings. The highest BCUT2D eigenvalue weighted by atomic mass is 16.5. The van der Waals surface area contributed by atoms with Crippen LogP contribution in [-0.2, 0) is 9.53 Å². The fraction of sp³-hybridized carbons (Fsp3) is 0.286. The molecule has 6 heteroatoms. The number of anilines is 1. The first-order chi connectivity index (χ1) is 13.2. The molecular formula is C21H26N2O4. The van der Waals surface area contributed by atoms with E-state index in [0.717, 1.165) is 22.5 Å². The van der Waals surface area contributed by atoms with Gasteiger partial charge in [-0.25, -0.2) is 0 Å². The summed E-state index contributed by atoms with van der Waals surface area (Å²) in [4.78, 5) is 15.5. The van der Waals surface area contributed by atoms with Crippen LogP contribution in [0.25, 0.3) is 17.7 Å². The molecule has 1 aromatic heterocycles. The van der Waals surface area contributed by atoms with Gasteiger partial charge in [-0.05, 0) is 23.8 Å². The number of aromatic nitrogens is 1. The third kappa shape index (κ3) is 4.87. The van der Waals surface area contributed by atoms with Crippen molar-refractivity contribution in [2.45, 2.75) is 13.8 Å². The van der Waals surface area contributed by atoms with Gasteiger partial charge in [0.2, 0.25) is 0 Å². The van der Waals surface area contributed by atoms with Crippen molar-refractivity contribution in [3.05, 3.63) is 53.4 Å². The summed E-state index contributed by atoms with van der Waals surface area (Å²) in [7, 11) is 1.59. The van der Waals surface area contributed by atoms with Gasteiger partial charge in [-0.2, -0.15) is 0 Å². The Bertz CT molecular complexity index is 821. The van der Waals surface area contributed by atoms with Crippen molar-refractivity contribution in [2.24, 2.45) is 0 Å². The second kappa shape index (κ2) is 10.4. The maximum absolute atomic E-state index is 12.4. The van der Waals surface area contributed by atoms with Crippen LogP contribution in [-0.4, -0.2) is 42.9 Å². The fourth-order valence-electron chi connectivity index (χ4n) is 2.75.